The topological polar surface area (TPSA) is 92.7 Å². The largest absolute Gasteiger partial charge is 0.482 e. The van der Waals surface area contributed by atoms with E-state index >= 15 is 0 Å². The molecule has 0 heterocycles. The van der Waals surface area contributed by atoms with Crippen LogP contribution in [0.1, 0.15) is 12.8 Å². The van der Waals surface area contributed by atoms with Crippen molar-refractivity contribution in [1.29, 1.82) is 0 Å². The molecule has 0 aliphatic heterocycles. The highest BCUT2D eigenvalue weighted by atomic mass is 32.2. The predicted molar refractivity (Wildman–Crippen MR) is 72.4 cm³/mol. The summed E-state index contributed by atoms with van der Waals surface area (Å²) in [5.74, 6) is -0.788. The van der Waals surface area contributed by atoms with Gasteiger partial charge in [-0.2, -0.15) is 0 Å². The molecule has 2 N–H and O–H groups in total. The van der Waals surface area contributed by atoms with Gasteiger partial charge in [-0.05, 0) is 43.0 Å². The summed E-state index contributed by atoms with van der Waals surface area (Å²) in [6, 6.07) is 5.44. The van der Waals surface area contributed by atoms with E-state index in [1.807, 2.05) is 0 Å². The summed E-state index contributed by atoms with van der Waals surface area (Å²) in [7, 11) is -3.64. The van der Waals surface area contributed by atoms with Crippen molar-refractivity contribution in [2.75, 3.05) is 13.2 Å². The molecule has 2 rings (SSSR count). The van der Waals surface area contributed by atoms with E-state index in [4.69, 9.17) is 9.84 Å². The average Bonchev–Trinajstić information content (AvgIpc) is 2.40. The molecule has 0 atom stereocenters. The molecule has 1 fully saturated rings. The van der Waals surface area contributed by atoms with Crippen LogP contribution >= 0.6 is 0 Å². The van der Waals surface area contributed by atoms with Crippen molar-refractivity contribution < 1.29 is 27.4 Å². The average molecular weight is 317 g/mol. The van der Waals surface area contributed by atoms with Gasteiger partial charge in [-0.15, -0.1) is 0 Å². The highest BCUT2D eigenvalue weighted by molar-refractivity contribution is 7.89. The molecule has 0 spiro atoms. The number of halogens is 1. The smallest absolute Gasteiger partial charge is 0.341 e. The summed E-state index contributed by atoms with van der Waals surface area (Å²) in [4.78, 5) is 10.4. The fraction of sp³-hybridized carbons (Fsp3) is 0.462. The van der Waals surface area contributed by atoms with Crippen LogP contribution in [0.25, 0.3) is 0 Å². The molecule has 1 aliphatic rings. The zero-order valence-electron chi connectivity index (χ0n) is 11.2. The molecule has 8 heteroatoms. The first kappa shape index (κ1) is 15.7. The Morgan fingerprint density at radius 1 is 1.33 bits per heavy atom. The van der Waals surface area contributed by atoms with Gasteiger partial charge in [0.15, 0.2) is 6.61 Å². The minimum Gasteiger partial charge on any atom is -0.482 e. The third-order valence-corrected chi connectivity index (χ3v) is 4.68. The second-order valence-electron chi connectivity index (χ2n) is 4.94. The first-order valence-electron chi connectivity index (χ1n) is 6.45. The number of rotatable bonds is 7. The van der Waals surface area contributed by atoms with Crippen molar-refractivity contribution in [2.24, 2.45) is 5.92 Å². The van der Waals surface area contributed by atoms with E-state index in [9.17, 15) is 17.6 Å². The van der Waals surface area contributed by atoms with E-state index in [1.54, 1.807) is 0 Å². The molecule has 0 saturated heterocycles. The van der Waals surface area contributed by atoms with Gasteiger partial charge in [0.05, 0.1) is 4.90 Å². The Bertz CT molecular complexity index is 595. The molecular weight excluding hydrogens is 301 g/mol. The lowest BCUT2D eigenvalue weighted by Gasteiger charge is -2.29. The number of carbonyl (C=O) groups is 1. The van der Waals surface area contributed by atoms with Crippen LogP contribution in [-0.2, 0) is 14.8 Å². The van der Waals surface area contributed by atoms with E-state index in [0.29, 0.717) is 12.8 Å². The Labute approximate surface area is 122 Å². The van der Waals surface area contributed by atoms with Crippen LogP contribution in [0.3, 0.4) is 0 Å². The van der Waals surface area contributed by atoms with Crippen molar-refractivity contribution in [3.05, 3.63) is 24.3 Å². The second kappa shape index (κ2) is 6.40. The van der Waals surface area contributed by atoms with E-state index in [-0.39, 0.29) is 23.1 Å². The molecule has 0 radical (unpaired) electrons. The summed E-state index contributed by atoms with van der Waals surface area (Å²) in [5, 5.41) is 8.47. The predicted octanol–water partition coefficient (Wildman–Crippen LogP) is 1.18. The van der Waals surface area contributed by atoms with Gasteiger partial charge in [0, 0.05) is 6.54 Å². The van der Waals surface area contributed by atoms with Crippen molar-refractivity contribution in [3.63, 3.8) is 0 Å². The Hall–Kier alpha value is -1.67. The summed E-state index contributed by atoms with van der Waals surface area (Å²) in [6.07, 6.45) is -0.0280. The number of ether oxygens (including phenoxy) is 1. The molecule has 1 aromatic rings. The number of carboxylic acids is 1. The van der Waals surface area contributed by atoms with Crippen LogP contribution in [0.5, 0.6) is 5.75 Å². The maximum absolute atomic E-state index is 12.7. The summed E-state index contributed by atoms with van der Waals surface area (Å²) in [6.45, 7) is -0.267. The quantitative estimate of drug-likeness (QED) is 0.787. The van der Waals surface area contributed by atoms with E-state index in [0.717, 1.165) is 0 Å². The zero-order valence-corrected chi connectivity index (χ0v) is 12.0. The van der Waals surface area contributed by atoms with Gasteiger partial charge in [-0.1, -0.05) is 0 Å². The number of alkyl halides is 1. The number of sulfonamides is 1. The second-order valence-corrected chi connectivity index (χ2v) is 6.71. The fourth-order valence-electron chi connectivity index (χ4n) is 1.99. The third-order valence-electron chi connectivity index (χ3n) is 3.24. The summed E-state index contributed by atoms with van der Waals surface area (Å²) < 4.78 is 44.0. The Morgan fingerprint density at radius 2 is 1.95 bits per heavy atom. The van der Waals surface area contributed by atoms with Crippen LogP contribution in [0.4, 0.5) is 4.39 Å². The minimum atomic E-state index is -3.64. The van der Waals surface area contributed by atoms with E-state index in [2.05, 4.69) is 4.72 Å². The van der Waals surface area contributed by atoms with Crippen molar-refractivity contribution in [1.82, 2.24) is 4.72 Å². The number of hydrogen-bond donors (Lipinski definition) is 2. The maximum Gasteiger partial charge on any atom is 0.341 e. The molecule has 21 heavy (non-hydrogen) atoms. The summed E-state index contributed by atoms with van der Waals surface area (Å²) >= 11 is 0. The van der Waals surface area contributed by atoms with Crippen molar-refractivity contribution in [2.45, 2.75) is 23.9 Å². The first-order chi connectivity index (χ1) is 9.87. The van der Waals surface area contributed by atoms with Crippen LogP contribution in [0, 0.1) is 5.92 Å². The van der Waals surface area contributed by atoms with Crippen molar-refractivity contribution in [3.8, 4) is 5.75 Å². The first-order valence-corrected chi connectivity index (χ1v) is 7.93. The van der Waals surface area contributed by atoms with Gasteiger partial charge in [0.2, 0.25) is 10.0 Å². The number of nitrogens with one attached hydrogen (secondary N) is 1. The molecular formula is C13H16FNO5S. The van der Waals surface area contributed by atoms with E-state index < -0.39 is 28.8 Å². The van der Waals surface area contributed by atoms with Gasteiger partial charge in [0.25, 0.3) is 0 Å². The van der Waals surface area contributed by atoms with Gasteiger partial charge < -0.3 is 9.84 Å². The number of hydrogen-bond acceptors (Lipinski definition) is 4. The Kier molecular flexibility index (Phi) is 4.79. The van der Waals surface area contributed by atoms with Crippen LogP contribution in [0.2, 0.25) is 0 Å². The Morgan fingerprint density at radius 3 is 2.48 bits per heavy atom. The minimum absolute atomic E-state index is 0.0490. The van der Waals surface area contributed by atoms with Gasteiger partial charge >= 0.3 is 5.97 Å². The zero-order chi connectivity index (χ0) is 15.5. The van der Waals surface area contributed by atoms with Crippen LogP contribution < -0.4 is 9.46 Å². The highest BCUT2D eigenvalue weighted by Crippen LogP contribution is 2.29. The molecule has 0 amide bonds. The van der Waals surface area contributed by atoms with Gasteiger partial charge in [0.1, 0.15) is 11.9 Å². The molecule has 0 unspecified atom stereocenters. The number of aliphatic carboxylic acids is 1. The number of benzene rings is 1. The normalized spacial score (nSPS) is 21.6. The molecule has 116 valence electrons. The highest BCUT2D eigenvalue weighted by Gasteiger charge is 2.29. The summed E-state index contributed by atoms with van der Waals surface area (Å²) in [5.41, 5.74) is 0. The van der Waals surface area contributed by atoms with Gasteiger partial charge in [-0.3, -0.25) is 0 Å². The lowest BCUT2D eigenvalue weighted by molar-refractivity contribution is -0.139. The molecule has 0 bridgehead atoms. The lowest BCUT2D eigenvalue weighted by atomic mass is 9.84. The molecule has 6 nitrogen and oxygen atoms in total. The molecule has 1 aliphatic carbocycles. The monoisotopic (exact) mass is 317 g/mol. The van der Waals surface area contributed by atoms with Crippen LogP contribution in [0.15, 0.2) is 29.2 Å². The SMILES string of the molecule is O=C(O)COc1ccc(S(=O)(=O)NCC2CC(F)C2)cc1. The third kappa shape index (κ3) is 4.40. The Balaban J connectivity index is 1.91. The van der Waals surface area contributed by atoms with Gasteiger partial charge in [-0.25, -0.2) is 22.3 Å². The standard InChI is InChI=1S/C13H16FNO5S/c14-10-5-9(6-10)7-15-21(18,19)12-3-1-11(2-4-12)20-8-13(16)17/h1-4,9-10,15H,5-8H2,(H,16,17). The van der Waals surface area contributed by atoms with Crippen LogP contribution in [-0.4, -0.2) is 38.8 Å². The van der Waals surface area contributed by atoms with E-state index in [1.165, 1.54) is 24.3 Å². The molecule has 1 saturated carbocycles. The fourth-order valence-corrected chi connectivity index (χ4v) is 3.11. The molecule has 0 aromatic heterocycles. The van der Waals surface area contributed by atoms with Crippen molar-refractivity contribution >= 4 is 16.0 Å². The number of carboxylic acid groups (broad SMARTS) is 1. The molecule has 1 aromatic carbocycles. The maximum atomic E-state index is 12.7. The lowest BCUT2D eigenvalue weighted by Crippen LogP contribution is -2.36.